The fourth-order valence-electron chi connectivity index (χ4n) is 3.59. The van der Waals surface area contributed by atoms with E-state index in [-0.39, 0.29) is 0 Å². The van der Waals surface area contributed by atoms with Crippen molar-refractivity contribution in [1.29, 1.82) is 0 Å². The minimum absolute atomic E-state index is 0.404. The van der Waals surface area contributed by atoms with Gasteiger partial charge in [0, 0.05) is 5.69 Å². The Morgan fingerprint density at radius 2 is 1.13 bits per heavy atom. The number of anilines is 5. The number of esters is 1. The molecule has 5 rings (SSSR count). The van der Waals surface area contributed by atoms with Gasteiger partial charge in [-0.15, -0.1) is 0 Å². The van der Waals surface area contributed by atoms with Crippen molar-refractivity contribution >= 4 is 34.4 Å². The highest BCUT2D eigenvalue weighted by Gasteiger charge is 2.24. The zero-order chi connectivity index (χ0) is 20.5. The molecule has 0 saturated heterocycles. The van der Waals surface area contributed by atoms with Crippen molar-refractivity contribution < 1.29 is 9.53 Å². The maximum atomic E-state index is 12.8. The molecule has 0 N–H and O–H groups in total. The van der Waals surface area contributed by atoms with Gasteiger partial charge in [0.15, 0.2) is 0 Å². The van der Waals surface area contributed by atoms with Crippen molar-refractivity contribution in [2.75, 3.05) is 9.96 Å². The van der Waals surface area contributed by atoms with Crippen LogP contribution in [0.15, 0.2) is 103 Å². The molecule has 1 heterocycles. The Bertz CT molecular complexity index is 1160. The second kappa shape index (κ2) is 7.39. The molecule has 0 aromatic heterocycles. The molecule has 5 nitrogen and oxygen atoms in total. The zero-order valence-corrected chi connectivity index (χ0v) is 15.9. The quantitative estimate of drug-likeness (QED) is 0.301. The van der Waals surface area contributed by atoms with Crippen molar-refractivity contribution in [2.24, 2.45) is 0 Å². The summed E-state index contributed by atoms with van der Waals surface area (Å²) in [6.45, 7) is 0. The first-order chi connectivity index (χ1) is 14.7. The summed E-state index contributed by atoms with van der Waals surface area (Å²) in [5.74, 6) is 0.0515. The maximum absolute atomic E-state index is 12.8. The van der Waals surface area contributed by atoms with Gasteiger partial charge in [0.05, 0.1) is 28.3 Å². The Labute approximate surface area is 174 Å². The highest BCUT2D eigenvalue weighted by molar-refractivity contribution is 5.98. The number of carbonyl (C=O) groups is 1. The van der Waals surface area contributed by atoms with Crippen LogP contribution in [0.4, 0.5) is 28.4 Å². The van der Waals surface area contributed by atoms with E-state index in [4.69, 9.17) is 4.74 Å². The molecule has 0 radical (unpaired) electrons. The summed E-state index contributed by atoms with van der Waals surface area (Å²) in [5.41, 5.74) is 4.10. The fourth-order valence-corrected chi connectivity index (χ4v) is 3.59. The van der Waals surface area contributed by atoms with Gasteiger partial charge in [-0.25, -0.2) is 4.79 Å². The molecular weight excluding hydrogens is 376 g/mol. The molecule has 0 atom stereocenters. The topological polar surface area (TPSA) is 55.8 Å². The highest BCUT2D eigenvalue weighted by Crippen LogP contribution is 2.50. The number of ether oxygens (including phenoxy) is 1. The van der Waals surface area contributed by atoms with Gasteiger partial charge in [0.1, 0.15) is 5.75 Å². The van der Waals surface area contributed by atoms with Gasteiger partial charge in [0.2, 0.25) is 0 Å². The van der Waals surface area contributed by atoms with Crippen LogP contribution in [0.5, 0.6) is 5.75 Å². The van der Waals surface area contributed by atoms with Crippen LogP contribution in [0.2, 0.25) is 0 Å². The van der Waals surface area contributed by atoms with Gasteiger partial charge in [-0.1, -0.05) is 42.5 Å². The van der Waals surface area contributed by atoms with Crippen molar-refractivity contribution in [1.82, 2.24) is 0 Å². The summed E-state index contributed by atoms with van der Waals surface area (Å²) in [5, 5.41) is 13.8. The first kappa shape index (κ1) is 18.0. The summed E-state index contributed by atoms with van der Waals surface area (Å²) in [7, 11) is 0. The van der Waals surface area contributed by atoms with Crippen molar-refractivity contribution in [3.05, 3.63) is 114 Å². The molecule has 146 valence electrons. The van der Waals surface area contributed by atoms with Crippen LogP contribution in [0.25, 0.3) is 0 Å². The average molecular weight is 393 g/mol. The minimum Gasteiger partial charge on any atom is -0.754 e. The van der Waals surface area contributed by atoms with Gasteiger partial charge in [-0.05, 0) is 60.7 Å². The summed E-state index contributed by atoms with van der Waals surface area (Å²) in [4.78, 5) is 14.3. The van der Waals surface area contributed by atoms with Crippen LogP contribution < -0.4 is 14.7 Å². The summed E-state index contributed by atoms with van der Waals surface area (Å²) in [6, 6.07) is 31.1. The Balaban J connectivity index is 1.49. The lowest BCUT2D eigenvalue weighted by atomic mass is 10.1. The van der Waals surface area contributed by atoms with Crippen LogP contribution in [-0.2, 0) is 0 Å². The predicted octanol–water partition coefficient (Wildman–Crippen LogP) is 6.32. The van der Waals surface area contributed by atoms with E-state index in [1.165, 1.54) is 0 Å². The smallest absolute Gasteiger partial charge is 0.343 e. The van der Waals surface area contributed by atoms with Crippen LogP contribution in [0, 0.1) is 5.21 Å². The minimum atomic E-state index is -0.404. The van der Waals surface area contributed by atoms with Crippen molar-refractivity contribution in [3.8, 4) is 5.75 Å². The number of carbonyl (C=O) groups excluding carboxylic acids is 1. The van der Waals surface area contributed by atoms with Gasteiger partial charge >= 0.3 is 5.97 Å². The molecular formula is C25H17N2O3-. The lowest BCUT2D eigenvalue weighted by Gasteiger charge is -2.43. The molecule has 0 saturated carbocycles. The van der Waals surface area contributed by atoms with E-state index in [2.05, 4.69) is 0 Å². The lowest BCUT2D eigenvalue weighted by molar-refractivity contribution is 0.0735. The number of hydrogen-bond acceptors (Lipinski definition) is 5. The van der Waals surface area contributed by atoms with E-state index in [0.29, 0.717) is 22.7 Å². The molecule has 0 aliphatic carbocycles. The van der Waals surface area contributed by atoms with Gasteiger partial charge in [-0.2, -0.15) is 0 Å². The number of hydrogen-bond donors (Lipinski definition) is 0. The van der Waals surface area contributed by atoms with Crippen LogP contribution in [-0.4, -0.2) is 5.97 Å². The monoisotopic (exact) mass is 393 g/mol. The van der Waals surface area contributed by atoms with Gasteiger partial charge in [-0.3, -0.25) is 0 Å². The van der Waals surface area contributed by atoms with E-state index in [0.717, 1.165) is 22.1 Å². The number of benzene rings is 4. The predicted molar refractivity (Wildman–Crippen MR) is 118 cm³/mol. The summed E-state index contributed by atoms with van der Waals surface area (Å²) >= 11 is 0. The third-order valence-corrected chi connectivity index (χ3v) is 5.00. The Morgan fingerprint density at radius 1 is 0.633 bits per heavy atom. The molecule has 1 aliphatic rings. The normalized spacial score (nSPS) is 12.2. The Hall–Kier alpha value is -4.09. The van der Waals surface area contributed by atoms with E-state index in [1.807, 2.05) is 59.5 Å². The third kappa shape index (κ3) is 3.07. The molecule has 0 unspecified atom stereocenters. The summed E-state index contributed by atoms with van der Waals surface area (Å²) in [6.07, 6.45) is 0. The van der Waals surface area contributed by atoms with Crippen molar-refractivity contribution in [2.45, 2.75) is 0 Å². The summed E-state index contributed by atoms with van der Waals surface area (Å²) < 4.78 is 5.48. The SMILES string of the molecule is O=C(Oc1ccc(N2c3ccccc3N([O-])c3ccccc32)cc1)c1ccccc1. The number of rotatable bonds is 3. The van der Waals surface area contributed by atoms with Gasteiger partial charge in [0.25, 0.3) is 0 Å². The Morgan fingerprint density at radius 3 is 1.70 bits per heavy atom. The molecule has 4 aromatic rings. The Kier molecular flexibility index (Phi) is 4.42. The molecule has 5 heteroatoms. The first-order valence-electron chi connectivity index (χ1n) is 9.55. The maximum Gasteiger partial charge on any atom is 0.343 e. The molecule has 4 aromatic carbocycles. The highest BCUT2D eigenvalue weighted by atomic mass is 16.5. The second-order valence-electron chi connectivity index (χ2n) is 6.86. The van der Waals surface area contributed by atoms with Crippen molar-refractivity contribution in [3.63, 3.8) is 0 Å². The van der Waals surface area contributed by atoms with E-state index >= 15 is 0 Å². The standard InChI is InChI=1S/C25H17N2O3/c28-25(18-8-2-1-3-9-18)30-20-16-14-19(15-17-20)26-21-10-4-6-12-23(21)27(29)24-13-7-5-11-22(24)26/h1-17H/q-1. The third-order valence-electron chi connectivity index (χ3n) is 5.00. The van der Waals surface area contributed by atoms with Crippen LogP contribution in [0.3, 0.4) is 0 Å². The van der Waals surface area contributed by atoms with E-state index in [9.17, 15) is 10.0 Å². The average Bonchev–Trinajstić information content (AvgIpc) is 2.81. The number of nitrogens with zero attached hydrogens (tertiary/aromatic N) is 2. The molecule has 1 aliphatic heterocycles. The number of para-hydroxylation sites is 4. The fraction of sp³-hybridized carbons (Fsp3) is 0. The van der Waals surface area contributed by atoms with Crippen LogP contribution in [0.1, 0.15) is 10.4 Å². The van der Waals surface area contributed by atoms with Gasteiger partial charge < -0.3 is 19.9 Å². The van der Waals surface area contributed by atoms with E-state index < -0.39 is 5.97 Å². The molecule has 0 fully saturated rings. The molecule has 0 spiro atoms. The number of fused-ring (bicyclic) bond motifs is 2. The zero-order valence-electron chi connectivity index (χ0n) is 15.9. The molecule has 0 bridgehead atoms. The second-order valence-corrected chi connectivity index (χ2v) is 6.86. The molecule has 30 heavy (non-hydrogen) atoms. The van der Waals surface area contributed by atoms with Crippen LogP contribution >= 0.6 is 0 Å². The first-order valence-corrected chi connectivity index (χ1v) is 9.55. The lowest BCUT2D eigenvalue weighted by Crippen LogP contribution is -2.22. The molecule has 0 amide bonds. The largest absolute Gasteiger partial charge is 0.754 e. The van der Waals surface area contributed by atoms with E-state index in [1.54, 1.807) is 48.5 Å².